The number of hydrogen-bond donors (Lipinski definition) is 2. The number of rotatable bonds is 8. The summed E-state index contributed by atoms with van der Waals surface area (Å²) in [4.78, 5) is 8.79. The second-order valence-electron chi connectivity index (χ2n) is 4.51. The zero-order valence-corrected chi connectivity index (χ0v) is 12.2. The van der Waals surface area contributed by atoms with Crippen molar-refractivity contribution in [1.29, 1.82) is 0 Å². The van der Waals surface area contributed by atoms with Crippen LogP contribution in [0.3, 0.4) is 0 Å². The van der Waals surface area contributed by atoms with Gasteiger partial charge in [-0.3, -0.25) is 0 Å². The molecular formula is C13H24N4O2. The quantitative estimate of drug-likeness (QED) is 0.702. The lowest BCUT2D eigenvalue weighted by Crippen LogP contribution is -2.13. The SMILES string of the molecule is CCOc1nc(C(C)C)nc(NCCCOC)c1N. The van der Waals surface area contributed by atoms with Gasteiger partial charge in [-0.05, 0) is 13.3 Å². The van der Waals surface area contributed by atoms with Gasteiger partial charge in [0.2, 0.25) is 5.88 Å². The third kappa shape index (κ3) is 4.55. The molecule has 1 aromatic rings. The Morgan fingerprint density at radius 2 is 2.05 bits per heavy atom. The van der Waals surface area contributed by atoms with E-state index in [-0.39, 0.29) is 5.92 Å². The van der Waals surface area contributed by atoms with Gasteiger partial charge >= 0.3 is 0 Å². The molecule has 0 fully saturated rings. The third-order valence-electron chi connectivity index (χ3n) is 2.54. The highest BCUT2D eigenvalue weighted by molar-refractivity contribution is 5.67. The molecule has 0 saturated carbocycles. The van der Waals surface area contributed by atoms with E-state index in [0.29, 0.717) is 30.6 Å². The standard InChI is InChI=1S/C13H24N4O2/c1-5-19-13-10(14)12(15-7-6-8-18-4)16-11(17-13)9(2)3/h9H,5-8,14H2,1-4H3,(H,15,16,17). The van der Waals surface area contributed by atoms with Gasteiger partial charge in [0.25, 0.3) is 0 Å². The van der Waals surface area contributed by atoms with Crippen LogP contribution in [-0.4, -0.2) is 36.8 Å². The lowest BCUT2D eigenvalue weighted by Gasteiger charge is -2.14. The fraction of sp³-hybridized carbons (Fsp3) is 0.692. The van der Waals surface area contributed by atoms with Crippen LogP contribution in [0.1, 0.15) is 38.9 Å². The number of methoxy groups -OCH3 is 1. The Balaban J connectivity index is 2.87. The number of nitrogen functional groups attached to an aromatic ring is 1. The number of ether oxygens (including phenoxy) is 2. The maximum atomic E-state index is 6.01. The molecule has 0 radical (unpaired) electrons. The van der Waals surface area contributed by atoms with Gasteiger partial charge in [-0.2, -0.15) is 4.98 Å². The molecule has 0 aliphatic carbocycles. The minimum atomic E-state index is 0.222. The Bertz CT molecular complexity index is 396. The summed E-state index contributed by atoms with van der Waals surface area (Å²) >= 11 is 0. The Kier molecular flexibility index (Phi) is 6.35. The summed E-state index contributed by atoms with van der Waals surface area (Å²) in [5, 5.41) is 3.21. The van der Waals surface area contributed by atoms with Crippen molar-refractivity contribution in [3.8, 4) is 5.88 Å². The van der Waals surface area contributed by atoms with Crippen molar-refractivity contribution in [2.45, 2.75) is 33.1 Å². The van der Waals surface area contributed by atoms with Crippen LogP contribution in [0.15, 0.2) is 0 Å². The predicted molar refractivity (Wildman–Crippen MR) is 76.7 cm³/mol. The first-order chi connectivity index (χ1) is 9.10. The van der Waals surface area contributed by atoms with Crippen molar-refractivity contribution in [1.82, 2.24) is 9.97 Å². The van der Waals surface area contributed by atoms with E-state index in [4.69, 9.17) is 15.2 Å². The highest BCUT2D eigenvalue weighted by atomic mass is 16.5. The molecule has 19 heavy (non-hydrogen) atoms. The molecular weight excluding hydrogens is 244 g/mol. The van der Waals surface area contributed by atoms with E-state index in [0.717, 1.165) is 18.8 Å². The van der Waals surface area contributed by atoms with Crippen LogP contribution in [0.2, 0.25) is 0 Å². The second kappa shape index (κ2) is 7.78. The fourth-order valence-electron chi connectivity index (χ4n) is 1.53. The molecule has 1 rings (SSSR count). The van der Waals surface area contributed by atoms with Gasteiger partial charge < -0.3 is 20.5 Å². The van der Waals surface area contributed by atoms with Crippen LogP contribution < -0.4 is 15.8 Å². The van der Waals surface area contributed by atoms with Crippen LogP contribution >= 0.6 is 0 Å². The van der Waals surface area contributed by atoms with Crippen molar-refractivity contribution in [2.24, 2.45) is 0 Å². The third-order valence-corrected chi connectivity index (χ3v) is 2.54. The fourth-order valence-corrected chi connectivity index (χ4v) is 1.53. The first-order valence-electron chi connectivity index (χ1n) is 6.63. The highest BCUT2D eigenvalue weighted by Crippen LogP contribution is 2.28. The summed E-state index contributed by atoms with van der Waals surface area (Å²) in [5.74, 6) is 2.04. The van der Waals surface area contributed by atoms with E-state index in [1.54, 1.807) is 7.11 Å². The summed E-state index contributed by atoms with van der Waals surface area (Å²) in [7, 11) is 1.68. The smallest absolute Gasteiger partial charge is 0.242 e. The van der Waals surface area contributed by atoms with E-state index in [1.807, 2.05) is 20.8 Å². The number of nitrogens with two attached hydrogens (primary N) is 1. The summed E-state index contributed by atoms with van der Waals surface area (Å²) in [5.41, 5.74) is 6.47. The second-order valence-corrected chi connectivity index (χ2v) is 4.51. The molecule has 0 unspecified atom stereocenters. The zero-order valence-electron chi connectivity index (χ0n) is 12.2. The van der Waals surface area contributed by atoms with Gasteiger partial charge in [-0.25, -0.2) is 4.98 Å². The van der Waals surface area contributed by atoms with E-state index in [2.05, 4.69) is 15.3 Å². The van der Waals surface area contributed by atoms with Crippen molar-refractivity contribution in [2.75, 3.05) is 37.9 Å². The lowest BCUT2D eigenvalue weighted by molar-refractivity contribution is 0.197. The molecule has 6 heteroatoms. The number of hydrogen-bond acceptors (Lipinski definition) is 6. The number of nitrogens with one attached hydrogen (secondary N) is 1. The van der Waals surface area contributed by atoms with Crippen molar-refractivity contribution in [3.05, 3.63) is 5.82 Å². The van der Waals surface area contributed by atoms with Crippen molar-refractivity contribution < 1.29 is 9.47 Å². The molecule has 0 bridgehead atoms. The number of nitrogens with zero attached hydrogens (tertiary/aromatic N) is 2. The van der Waals surface area contributed by atoms with Gasteiger partial charge in [0, 0.05) is 26.2 Å². The Hall–Kier alpha value is -1.56. The first-order valence-corrected chi connectivity index (χ1v) is 6.63. The van der Waals surface area contributed by atoms with E-state index >= 15 is 0 Å². The van der Waals surface area contributed by atoms with Gasteiger partial charge in [-0.15, -0.1) is 0 Å². The first kappa shape index (κ1) is 15.5. The van der Waals surface area contributed by atoms with E-state index in [9.17, 15) is 0 Å². The average molecular weight is 268 g/mol. The van der Waals surface area contributed by atoms with Crippen LogP contribution in [-0.2, 0) is 4.74 Å². The van der Waals surface area contributed by atoms with Gasteiger partial charge in [0.15, 0.2) is 5.82 Å². The van der Waals surface area contributed by atoms with E-state index in [1.165, 1.54) is 0 Å². The minimum absolute atomic E-state index is 0.222. The van der Waals surface area contributed by atoms with Crippen molar-refractivity contribution >= 4 is 11.5 Å². The number of anilines is 2. The largest absolute Gasteiger partial charge is 0.476 e. The Morgan fingerprint density at radius 3 is 2.63 bits per heavy atom. The normalized spacial score (nSPS) is 10.8. The Morgan fingerprint density at radius 1 is 1.32 bits per heavy atom. The summed E-state index contributed by atoms with van der Waals surface area (Å²) < 4.78 is 10.5. The summed E-state index contributed by atoms with van der Waals surface area (Å²) in [6.07, 6.45) is 0.890. The lowest BCUT2D eigenvalue weighted by atomic mass is 10.2. The number of aromatic nitrogens is 2. The van der Waals surface area contributed by atoms with Gasteiger partial charge in [-0.1, -0.05) is 13.8 Å². The van der Waals surface area contributed by atoms with Crippen LogP contribution in [0.25, 0.3) is 0 Å². The minimum Gasteiger partial charge on any atom is -0.476 e. The zero-order chi connectivity index (χ0) is 14.3. The average Bonchev–Trinajstić information content (AvgIpc) is 2.38. The molecule has 0 saturated heterocycles. The molecule has 0 amide bonds. The monoisotopic (exact) mass is 268 g/mol. The molecule has 0 aliphatic heterocycles. The van der Waals surface area contributed by atoms with Crippen molar-refractivity contribution in [3.63, 3.8) is 0 Å². The molecule has 3 N–H and O–H groups in total. The van der Waals surface area contributed by atoms with Crippen LogP contribution in [0.5, 0.6) is 5.88 Å². The molecule has 0 atom stereocenters. The molecule has 108 valence electrons. The summed E-state index contributed by atoms with van der Waals surface area (Å²) in [6.45, 7) is 7.96. The molecule has 1 aromatic heterocycles. The molecule has 0 aliphatic rings. The van der Waals surface area contributed by atoms with Crippen LogP contribution in [0.4, 0.5) is 11.5 Å². The topological polar surface area (TPSA) is 82.3 Å². The summed E-state index contributed by atoms with van der Waals surface area (Å²) in [6, 6.07) is 0. The molecule has 0 spiro atoms. The molecule has 1 heterocycles. The highest BCUT2D eigenvalue weighted by Gasteiger charge is 2.14. The maximum Gasteiger partial charge on any atom is 0.242 e. The van der Waals surface area contributed by atoms with Crippen LogP contribution in [0, 0.1) is 0 Å². The predicted octanol–water partition coefficient (Wildman–Crippen LogP) is 2.03. The molecule has 0 aromatic carbocycles. The van der Waals surface area contributed by atoms with Gasteiger partial charge in [0.1, 0.15) is 11.5 Å². The Labute approximate surface area is 114 Å². The maximum absolute atomic E-state index is 6.01. The van der Waals surface area contributed by atoms with Gasteiger partial charge in [0.05, 0.1) is 6.61 Å². The molecule has 6 nitrogen and oxygen atoms in total. The van der Waals surface area contributed by atoms with E-state index < -0.39 is 0 Å².